The number of rotatable bonds is 1. The lowest BCUT2D eigenvalue weighted by molar-refractivity contribution is -0.118. The molecule has 2 amide bonds. The van der Waals surface area contributed by atoms with Crippen molar-refractivity contribution < 1.29 is 14.3 Å². The van der Waals surface area contributed by atoms with Gasteiger partial charge in [-0.2, -0.15) is 0 Å². The van der Waals surface area contributed by atoms with E-state index in [-0.39, 0.29) is 18.4 Å². The van der Waals surface area contributed by atoms with Gasteiger partial charge in [-0.05, 0) is 25.0 Å². The van der Waals surface area contributed by atoms with Gasteiger partial charge in [0.1, 0.15) is 5.75 Å². The Balaban J connectivity index is 1.89. The molecule has 3 rings (SSSR count). The zero-order chi connectivity index (χ0) is 13.9. The molecule has 1 N–H and O–H groups in total. The van der Waals surface area contributed by atoms with Crippen LogP contribution >= 0.6 is 0 Å². The summed E-state index contributed by atoms with van der Waals surface area (Å²) in [4.78, 5) is 26.0. The second-order valence-electron chi connectivity index (χ2n) is 5.22. The quantitative estimate of drug-likeness (QED) is 0.852. The topological polar surface area (TPSA) is 58.6 Å². The van der Waals surface area contributed by atoms with Crippen LogP contribution in [0.1, 0.15) is 36.0 Å². The molecule has 0 bridgehead atoms. The standard InChI is InChI=1S/C15H18N2O3/c18-13-10-20-12-7-5-6-11(14(12)16-13)15(19)17-8-3-1-2-4-9-17/h5-7H,1-4,8-10H2,(H,16,18). The molecule has 2 heterocycles. The summed E-state index contributed by atoms with van der Waals surface area (Å²) < 4.78 is 5.36. The third-order valence-corrected chi connectivity index (χ3v) is 3.77. The van der Waals surface area contributed by atoms with Gasteiger partial charge in [0.05, 0.1) is 11.3 Å². The van der Waals surface area contributed by atoms with Crippen LogP contribution in [0.25, 0.3) is 0 Å². The minimum absolute atomic E-state index is 0.00829. The molecule has 0 spiro atoms. The molecule has 1 aromatic carbocycles. The molecule has 2 aliphatic rings. The highest BCUT2D eigenvalue weighted by Gasteiger charge is 2.25. The number of hydrogen-bond donors (Lipinski definition) is 1. The van der Waals surface area contributed by atoms with Gasteiger partial charge >= 0.3 is 0 Å². The van der Waals surface area contributed by atoms with Crippen LogP contribution in [0.15, 0.2) is 18.2 Å². The van der Waals surface area contributed by atoms with Crippen LogP contribution in [0, 0.1) is 0 Å². The first-order valence-corrected chi connectivity index (χ1v) is 7.10. The number of nitrogens with one attached hydrogen (secondary N) is 1. The number of nitrogens with zero attached hydrogens (tertiary/aromatic N) is 1. The SMILES string of the molecule is O=C1COc2cccc(C(=O)N3CCCCCC3)c2N1. The summed E-state index contributed by atoms with van der Waals surface area (Å²) in [7, 11) is 0. The third kappa shape index (κ3) is 2.48. The highest BCUT2D eigenvalue weighted by Crippen LogP contribution is 2.32. The lowest BCUT2D eigenvalue weighted by atomic mass is 10.1. The third-order valence-electron chi connectivity index (χ3n) is 3.77. The van der Waals surface area contributed by atoms with Gasteiger partial charge in [0.15, 0.2) is 6.61 Å². The average molecular weight is 274 g/mol. The fourth-order valence-corrected chi connectivity index (χ4v) is 2.72. The van der Waals surface area contributed by atoms with E-state index < -0.39 is 0 Å². The minimum Gasteiger partial charge on any atom is -0.482 e. The van der Waals surface area contributed by atoms with Gasteiger partial charge in [0, 0.05) is 13.1 Å². The lowest BCUT2D eigenvalue weighted by Gasteiger charge is -2.24. The summed E-state index contributed by atoms with van der Waals surface area (Å²) >= 11 is 0. The molecule has 0 aromatic heterocycles. The zero-order valence-electron chi connectivity index (χ0n) is 11.4. The number of carbonyl (C=O) groups is 2. The first-order valence-electron chi connectivity index (χ1n) is 7.10. The summed E-state index contributed by atoms with van der Waals surface area (Å²) in [6, 6.07) is 5.32. The predicted molar refractivity (Wildman–Crippen MR) is 74.9 cm³/mol. The van der Waals surface area contributed by atoms with Crippen molar-refractivity contribution in [3.8, 4) is 5.75 Å². The molecule has 0 atom stereocenters. The first-order chi connectivity index (χ1) is 9.75. The maximum absolute atomic E-state index is 12.7. The Labute approximate surface area is 117 Å². The smallest absolute Gasteiger partial charge is 0.262 e. The predicted octanol–water partition coefficient (Wildman–Crippen LogP) is 2.03. The summed E-state index contributed by atoms with van der Waals surface area (Å²) in [6.07, 6.45) is 4.44. The van der Waals surface area contributed by atoms with Crippen molar-refractivity contribution in [2.24, 2.45) is 0 Å². The van der Waals surface area contributed by atoms with E-state index in [1.807, 2.05) is 4.90 Å². The Morgan fingerprint density at radius 1 is 1.15 bits per heavy atom. The van der Waals surface area contributed by atoms with Crippen molar-refractivity contribution in [1.29, 1.82) is 0 Å². The lowest BCUT2D eigenvalue weighted by Crippen LogP contribution is -2.34. The molecule has 2 aliphatic heterocycles. The van der Waals surface area contributed by atoms with Crippen molar-refractivity contribution in [3.05, 3.63) is 23.8 Å². The minimum atomic E-state index is -0.214. The van der Waals surface area contributed by atoms with E-state index in [4.69, 9.17) is 4.74 Å². The van der Waals surface area contributed by atoms with Crippen LogP contribution < -0.4 is 10.1 Å². The average Bonchev–Trinajstić information content (AvgIpc) is 2.75. The fraction of sp³-hybridized carbons (Fsp3) is 0.467. The molecular formula is C15H18N2O3. The second kappa shape index (κ2) is 5.53. The van der Waals surface area contributed by atoms with Crippen LogP contribution in [0.4, 0.5) is 5.69 Å². The Kier molecular flexibility index (Phi) is 3.58. The number of amides is 2. The Morgan fingerprint density at radius 3 is 2.65 bits per heavy atom. The largest absolute Gasteiger partial charge is 0.482 e. The molecule has 1 fully saturated rings. The van der Waals surface area contributed by atoms with Gasteiger partial charge in [-0.3, -0.25) is 9.59 Å². The zero-order valence-corrected chi connectivity index (χ0v) is 11.4. The number of para-hydroxylation sites is 1. The monoisotopic (exact) mass is 274 g/mol. The maximum atomic E-state index is 12.7. The van der Waals surface area contributed by atoms with Gasteiger partial charge < -0.3 is 15.0 Å². The number of hydrogen-bond acceptors (Lipinski definition) is 3. The van der Waals surface area contributed by atoms with E-state index >= 15 is 0 Å². The van der Waals surface area contributed by atoms with Gasteiger partial charge in [0.25, 0.3) is 11.8 Å². The Bertz CT molecular complexity index is 534. The van der Waals surface area contributed by atoms with E-state index in [0.29, 0.717) is 17.0 Å². The fourth-order valence-electron chi connectivity index (χ4n) is 2.72. The molecule has 0 radical (unpaired) electrons. The Hall–Kier alpha value is -2.04. The number of anilines is 1. The molecule has 5 nitrogen and oxygen atoms in total. The van der Waals surface area contributed by atoms with Crippen LogP contribution in [-0.2, 0) is 4.79 Å². The molecule has 5 heteroatoms. The second-order valence-corrected chi connectivity index (χ2v) is 5.22. The van der Waals surface area contributed by atoms with Crippen molar-refractivity contribution in [2.75, 3.05) is 25.0 Å². The van der Waals surface area contributed by atoms with Crippen LogP contribution in [0.3, 0.4) is 0 Å². The molecule has 0 unspecified atom stereocenters. The van der Waals surface area contributed by atoms with E-state index in [0.717, 1.165) is 25.9 Å². The summed E-state index contributed by atoms with van der Waals surface area (Å²) in [5, 5.41) is 2.75. The molecule has 1 saturated heterocycles. The van der Waals surface area contributed by atoms with E-state index in [9.17, 15) is 9.59 Å². The van der Waals surface area contributed by atoms with Gasteiger partial charge in [-0.25, -0.2) is 0 Å². The Morgan fingerprint density at radius 2 is 1.90 bits per heavy atom. The molecule has 0 aliphatic carbocycles. The highest BCUT2D eigenvalue weighted by atomic mass is 16.5. The summed E-state index contributed by atoms with van der Waals surface area (Å²) in [5.41, 5.74) is 1.04. The number of likely N-dealkylation sites (tertiary alicyclic amines) is 1. The number of carbonyl (C=O) groups excluding carboxylic acids is 2. The van der Waals surface area contributed by atoms with Gasteiger partial charge in [-0.1, -0.05) is 18.9 Å². The first kappa shape index (κ1) is 13.0. The number of benzene rings is 1. The summed E-state index contributed by atoms with van der Waals surface area (Å²) in [6.45, 7) is 1.59. The molecular weight excluding hydrogens is 256 g/mol. The van der Waals surface area contributed by atoms with Gasteiger partial charge in [0.2, 0.25) is 0 Å². The van der Waals surface area contributed by atoms with Crippen molar-refractivity contribution in [3.63, 3.8) is 0 Å². The molecule has 0 saturated carbocycles. The molecule has 106 valence electrons. The maximum Gasteiger partial charge on any atom is 0.262 e. The van der Waals surface area contributed by atoms with E-state index in [1.165, 1.54) is 12.8 Å². The molecule has 20 heavy (non-hydrogen) atoms. The molecule has 1 aromatic rings. The number of fused-ring (bicyclic) bond motifs is 1. The number of ether oxygens (including phenoxy) is 1. The van der Waals surface area contributed by atoms with Crippen LogP contribution in [0.2, 0.25) is 0 Å². The highest BCUT2D eigenvalue weighted by molar-refractivity contribution is 6.06. The van der Waals surface area contributed by atoms with Crippen LogP contribution in [0.5, 0.6) is 5.75 Å². The van der Waals surface area contributed by atoms with Crippen molar-refractivity contribution >= 4 is 17.5 Å². The van der Waals surface area contributed by atoms with Gasteiger partial charge in [-0.15, -0.1) is 0 Å². The van der Waals surface area contributed by atoms with Crippen molar-refractivity contribution in [2.45, 2.75) is 25.7 Å². The summed E-state index contributed by atoms with van der Waals surface area (Å²) in [5.74, 6) is 0.341. The van der Waals surface area contributed by atoms with Crippen LogP contribution in [-0.4, -0.2) is 36.4 Å². The van der Waals surface area contributed by atoms with Crippen molar-refractivity contribution in [1.82, 2.24) is 4.90 Å². The normalized spacial score (nSPS) is 18.6. The van der Waals surface area contributed by atoms with E-state index in [2.05, 4.69) is 5.32 Å². The van der Waals surface area contributed by atoms with E-state index in [1.54, 1.807) is 18.2 Å².